The number of aromatic nitrogens is 1. The van der Waals surface area contributed by atoms with Gasteiger partial charge in [-0.25, -0.2) is 0 Å². The Bertz CT molecular complexity index is 852. The number of carbonyl (C=O) groups excluding carboxylic acids is 4. The second-order valence-corrected chi connectivity index (χ2v) is 8.44. The first kappa shape index (κ1) is 20.5. The molecule has 1 aliphatic carbocycles. The number of primary amides is 1. The summed E-state index contributed by atoms with van der Waals surface area (Å²) in [4.78, 5) is 58.3. The molecule has 2 saturated heterocycles. The molecule has 3 heterocycles. The molecule has 3 aliphatic rings. The Labute approximate surface area is 175 Å². The van der Waals surface area contributed by atoms with E-state index in [4.69, 9.17) is 5.73 Å². The fraction of sp³-hybridized carbons (Fsp3) is 0.545. The molecular weight excluding hydrogens is 384 g/mol. The molecule has 3 fully saturated rings. The van der Waals surface area contributed by atoms with Crippen LogP contribution in [0.4, 0.5) is 0 Å². The van der Waals surface area contributed by atoms with Gasteiger partial charge in [-0.1, -0.05) is 38.2 Å². The Morgan fingerprint density at radius 1 is 1.17 bits per heavy atom. The van der Waals surface area contributed by atoms with Crippen LogP contribution in [0.3, 0.4) is 0 Å². The van der Waals surface area contributed by atoms with Crippen LogP contribution in [0.25, 0.3) is 0 Å². The summed E-state index contributed by atoms with van der Waals surface area (Å²) < 4.78 is 0. The number of fused-ring (bicyclic) bond motifs is 1. The van der Waals surface area contributed by atoms with E-state index in [1.807, 2.05) is 0 Å². The molecule has 2 N–H and O–H groups in total. The van der Waals surface area contributed by atoms with E-state index in [0.717, 1.165) is 12.8 Å². The van der Waals surface area contributed by atoms with Crippen molar-refractivity contribution in [1.29, 1.82) is 0 Å². The normalized spacial score (nSPS) is 26.7. The van der Waals surface area contributed by atoms with Crippen LogP contribution >= 0.6 is 0 Å². The van der Waals surface area contributed by atoms with Gasteiger partial charge in [0.1, 0.15) is 5.69 Å². The predicted molar refractivity (Wildman–Crippen MR) is 108 cm³/mol. The van der Waals surface area contributed by atoms with Crippen LogP contribution in [0.2, 0.25) is 0 Å². The molecule has 0 spiro atoms. The van der Waals surface area contributed by atoms with Crippen LogP contribution in [-0.2, 0) is 14.4 Å². The van der Waals surface area contributed by atoms with E-state index in [1.54, 1.807) is 24.6 Å². The molecule has 3 amide bonds. The standard InChI is InChI=1S/C22H27N4O4/c23-21(30)22-17(25(14-18(22)27)20(29)16-8-4-5-12-24-16)11-13-26(22)19(28)10-9-15-6-2-1-3-7-15/h4-5,8,10,12,15,17H,1-3,6-7,9,11,13-14H2,(H2,23,30). The number of ketones is 1. The third-order valence-electron chi connectivity index (χ3n) is 6.79. The number of likely N-dealkylation sites (tertiary alicyclic amines) is 2. The van der Waals surface area contributed by atoms with E-state index in [0.29, 0.717) is 18.8 Å². The van der Waals surface area contributed by atoms with Gasteiger partial charge < -0.3 is 15.5 Å². The third-order valence-corrected chi connectivity index (χ3v) is 6.79. The largest absolute Gasteiger partial charge is 0.367 e. The van der Waals surface area contributed by atoms with Gasteiger partial charge in [-0.05, 0) is 30.9 Å². The van der Waals surface area contributed by atoms with E-state index in [9.17, 15) is 19.2 Å². The zero-order chi connectivity index (χ0) is 21.3. The molecule has 2 aliphatic heterocycles. The smallest absolute Gasteiger partial charge is 0.273 e. The van der Waals surface area contributed by atoms with Crippen molar-refractivity contribution in [2.24, 2.45) is 11.7 Å². The number of Topliss-reactive ketones (excluding diaryl/α,β-unsaturated/α-hetero) is 1. The Morgan fingerprint density at radius 3 is 2.60 bits per heavy atom. The van der Waals surface area contributed by atoms with Crippen molar-refractivity contribution in [3.8, 4) is 0 Å². The molecule has 1 radical (unpaired) electrons. The minimum Gasteiger partial charge on any atom is -0.367 e. The number of rotatable bonds is 5. The first-order valence-electron chi connectivity index (χ1n) is 10.7. The van der Waals surface area contributed by atoms with Crippen LogP contribution in [-0.4, -0.2) is 63.0 Å². The molecule has 8 heteroatoms. The SMILES string of the molecule is NC(=O)C12C(=O)CN(C(=O)c3ccccn3)C1CCN2C(=O)[CH]CC1CCCCC1. The number of hydrogen-bond donors (Lipinski definition) is 1. The number of nitrogens with zero attached hydrogens (tertiary/aromatic N) is 3. The molecule has 1 aromatic heterocycles. The second kappa shape index (κ2) is 8.16. The summed E-state index contributed by atoms with van der Waals surface area (Å²) in [6, 6.07) is 4.18. The number of amides is 3. The van der Waals surface area contributed by atoms with E-state index >= 15 is 0 Å². The molecule has 159 valence electrons. The van der Waals surface area contributed by atoms with Crippen LogP contribution in [0, 0.1) is 12.3 Å². The van der Waals surface area contributed by atoms with E-state index < -0.39 is 29.2 Å². The van der Waals surface area contributed by atoms with Crippen molar-refractivity contribution in [2.75, 3.05) is 13.1 Å². The first-order chi connectivity index (χ1) is 14.5. The van der Waals surface area contributed by atoms with Crippen molar-refractivity contribution >= 4 is 23.5 Å². The molecule has 2 atom stereocenters. The number of carbonyl (C=O) groups is 4. The first-order valence-corrected chi connectivity index (χ1v) is 10.7. The Balaban J connectivity index is 1.54. The van der Waals surface area contributed by atoms with E-state index in [-0.39, 0.29) is 24.7 Å². The van der Waals surface area contributed by atoms with Gasteiger partial charge in [-0.15, -0.1) is 0 Å². The summed E-state index contributed by atoms with van der Waals surface area (Å²) >= 11 is 0. The summed E-state index contributed by atoms with van der Waals surface area (Å²) in [5, 5.41) is 0. The fourth-order valence-electron chi connectivity index (χ4n) is 5.29. The molecular formula is C22H27N4O4. The van der Waals surface area contributed by atoms with Crippen LogP contribution in [0.5, 0.6) is 0 Å². The monoisotopic (exact) mass is 411 g/mol. The second-order valence-electron chi connectivity index (χ2n) is 8.44. The highest BCUT2D eigenvalue weighted by Gasteiger charge is 2.67. The molecule has 4 rings (SSSR count). The Hall–Kier alpha value is -2.77. The van der Waals surface area contributed by atoms with Crippen molar-refractivity contribution in [2.45, 2.75) is 56.5 Å². The molecule has 30 heavy (non-hydrogen) atoms. The lowest BCUT2D eigenvalue weighted by Crippen LogP contribution is -2.64. The molecule has 1 saturated carbocycles. The van der Waals surface area contributed by atoms with Crippen molar-refractivity contribution in [3.63, 3.8) is 0 Å². The van der Waals surface area contributed by atoms with Crippen molar-refractivity contribution in [1.82, 2.24) is 14.8 Å². The minimum atomic E-state index is -1.79. The van der Waals surface area contributed by atoms with Gasteiger partial charge in [0, 0.05) is 12.7 Å². The highest BCUT2D eigenvalue weighted by molar-refractivity contribution is 6.18. The summed E-state index contributed by atoms with van der Waals surface area (Å²) in [7, 11) is 0. The van der Waals surface area contributed by atoms with Gasteiger partial charge in [-0.2, -0.15) is 0 Å². The van der Waals surface area contributed by atoms with E-state index in [2.05, 4.69) is 4.98 Å². The lowest BCUT2D eigenvalue weighted by atomic mass is 9.85. The van der Waals surface area contributed by atoms with Gasteiger partial charge in [0.05, 0.1) is 19.0 Å². The summed E-state index contributed by atoms with van der Waals surface area (Å²) in [5.74, 6) is -1.68. The zero-order valence-electron chi connectivity index (χ0n) is 17.0. The van der Waals surface area contributed by atoms with Crippen LogP contribution in [0.1, 0.15) is 55.4 Å². The average Bonchev–Trinajstić information content (AvgIpc) is 3.30. The molecule has 2 unspecified atom stereocenters. The Kier molecular flexibility index (Phi) is 5.58. The van der Waals surface area contributed by atoms with E-state index in [1.165, 1.54) is 35.3 Å². The third kappa shape index (κ3) is 3.28. The van der Waals surface area contributed by atoms with Gasteiger partial charge >= 0.3 is 0 Å². The van der Waals surface area contributed by atoms with Gasteiger partial charge in [0.15, 0.2) is 5.78 Å². The van der Waals surface area contributed by atoms with Gasteiger partial charge in [0.25, 0.3) is 11.8 Å². The maximum absolute atomic E-state index is 13.1. The topological polar surface area (TPSA) is 114 Å². The van der Waals surface area contributed by atoms with Gasteiger partial charge in [-0.3, -0.25) is 24.2 Å². The minimum absolute atomic E-state index is 0.194. The Morgan fingerprint density at radius 2 is 1.93 bits per heavy atom. The average molecular weight is 411 g/mol. The predicted octanol–water partition coefficient (Wildman–Crippen LogP) is 1.11. The van der Waals surface area contributed by atoms with Crippen molar-refractivity contribution < 1.29 is 19.2 Å². The molecule has 1 aromatic rings. The highest BCUT2D eigenvalue weighted by atomic mass is 16.2. The summed E-state index contributed by atoms with van der Waals surface area (Å²) in [5.41, 5.74) is 4.12. The summed E-state index contributed by atoms with van der Waals surface area (Å²) in [6.45, 7) is -0.0409. The maximum atomic E-state index is 13.1. The molecule has 0 aromatic carbocycles. The van der Waals surface area contributed by atoms with Crippen LogP contribution in [0.15, 0.2) is 24.4 Å². The zero-order valence-corrected chi connectivity index (χ0v) is 17.0. The molecule has 0 bridgehead atoms. The fourth-order valence-corrected chi connectivity index (χ4v) is 5.29. The van der Waals surface area contributed by atoms with Crippen molar-refractivity contribution in [3.05, 3.63) is 36.5 Å². The number of pyridine rings is 1. The lowest BCUT2D eigenvalue weighted by Gasteiger charge is -2.34. The lowest BCUT2D eigenvalue weighted by molar-refractivity contribution is -0.148. The maximum Gasteiger partial charge on any atom is 0.273 e. The van der Waals surface area contributed by atoms with Crippen LogP contribution < -0.4 is 5.73 Å². The number of hydrogen-bond acceptors (Lipinski definition) is 5. The van der Waals surface area contributed by atoms with Gasteiger partial charge in [0.2, 0.25) is 11.4 Å². The summed E-state index contributed by atoms with van der Waals surface area (Å²) in [6.07, 6.45) is 9.83. The highest BCUT2D eigenvalue weighted by Crippen LogP contribution is 2.40. The molecule has 8 nitrogen and oxygen atoms in total. The number of nitrogens with two attached hydrogens (primary N) is 1. The quantitative estimate of drug-likeness (QED) is 0.729.